The van der Waals surface area contributed by atoms with Crippen LogP contribution < -0.4 is 10.1 Å². The summed E-state index contributed by atoms with van der Waals surface area (Å²) in [5.41, 5.74) is 1.66. The Labute approximate surface area is 115 Å². The van der Waals surface area contributed by atoms with Gasteiger partial charge in [-0.1, -0.05) is 11.6 Å². The first-order valence-electron chi connectivity index (χ1n) is 5.54. The molecule has 19 heavy (non-hydrogen) atoms. The summed E-state index contributed by atoms with van der Waals surface area (Å²) in [5, 5.41) is 3.15. The number of nitrogens with zero attached hydrogens (tertiary/aromatic N) is 2. The maximum absolute atomic E-state index is 12.2. The molecule has 0 unspecified atom stereocenters. The highest BCUT2D eigenvalue weighted by molar-refractivity contribution is 6.29. The zero-order valence-corrected chi connectivity index (χ0v) is 11.2. The SMILES string of the molecule is COc1cnccc1C(=O)Nc1ccc(Cl)nc1C. The molecule has 1 N–H and O–H groups in total. The molecule has 0 aliphatic rings. The molecule has 0 radical (unpaired) electrons. The molecule has 0 fully saturated rings. The smallest absolute Gasteiger partial charge is 0.259 e. The molecular formula is C13H12ClN3O2. The Bertz CT molecular complexity index is 617. The summed E-state index contributed by atoms with van der Waals surface area (Å²) >= 11 is 5.77. The number of halogens is 1. The monoisotopic (exact) mass is 277 g/mol. The molecule has 6 heteroatoms. The first kappa shape index (κ1) is 13.3. The fraction of sp³-hybridized carbons (Fsp3) is 0.154. The molecule has 2 aromatic heterocycles. The maximum Gasteiger partial charge on any atom is 0.259 e. The molecule has 0 spiro atoms. The summed E-state index contributed by atoms with van der Waals surface area (Å²) in [6.45, 7) is 1.77. The van der Waals surface area contributed by atoms with Gasteiger partial charge in [0.05, 0.1) is 30.3 Å². The van der Waals surface area contributed by atoms with E-state index in [1.165, 1.54) is 19.5 Å². The van der Waals surface area contributed by atoms with Gasteiger partial charge in [0.1, 0.15) is 10.9 Å². The molecule has 2 heterocycles. The summed E-state index contributed by atoms with van der Waals surface area (Å²) in [5.74, 6) is 0.131. The third-order valence-corrected chi connectivity index (χ3v) is 2.76. The Hall–Kier alpha value is -2.14. The second-order valence-electron chi connectivity index (χ2n) is 3.80. The van der Waals surface area contributed by atoms with Gasteiger partial charge < -0.3 is 10.1 Å². The van der Waals surface area contributed by atoms with Crippen molar-refractivity contribution >= 4 is 23.2 Å². The first-order valence-corrected chi connectivity index (χ1v) is 5.92. The quantitative estimate of drug-likeness (QED) is 0.876. The Morgan fingerprint density at radius 1 is 1.37 bits per heavy atom. The lowest BCUT2D eigenvalue weighted by Gasteiger charge is -2.10. The van der Waals surface area contributed by atoms with Crippen molar-refractivity contribution in [3.8, 4) is 5.75 Å². The molecule has 0 aromatic carbocycles. The lowest BCUT2D eigenvalue weighted by atomic mass is 10.2. The molecule has 0 bridgehead atoms. The number of methoxy groups -OCH3 is 1. The van der Waals surface area contributed by atoms with E-state index >= 15 is 0 Å². The Balaban J connectivity index is 2.26. The van der Waals surface area contributed by atoms with Crippen LogP contribution in [0, 0.1) is 6.92 Å². The van der Waals surface area contributed by atoms with Crippen molar-refractivity contribution in [3.05, 3.63) is 47.0 Å². The molecule has 2 aromatic rings. The zero-order chi connectivity index (χ0) is 13.8. The van der Waals surface area contributed by atoms with E-state index in [1.807, 2.05) is 0 Å². The van der Waals surface area contributed by atoms with Gasteiger partial charge in [-0.25, -0.2) is 4.98 Å². The fourth-order valence-corrected chi connectivity index (χ4v) is 1.77. The van der Waals surface area contributed by atoms with Gasteiger partial charge in [-0.3, -0.25) is 9.78 Å². The summed E-state index contributed by atoms with van der Waals surface area (Å²) in [4.78, 5) is 20.1. The average Bonchev–Trinajstić information content (AvgIpc) is 2.41. The van der Waals surface area contributed by atoms with Crippen LogP contribution in [0.3, 0.4) is 0 Å². The van der Waals surface area contributed by atoms with Crippen molar-refractivity contribution in [1.82, 2.24) is 9.97 Å². The molecule has 1 amide bonds. The van der Waals surface area contributed by atoms with Gasteiger partial charge in [0.2, 0.25) is 0 Å². The highest BCUT2D eigenvalue weighted by atomic mass is 35.5. The van der Waals surface area contributed by atoms with E-state index in [2.05, 4.69) is 15.3 Å². The van der Waals surface area contributed by atoms with Crippen molar-refractivity contribution in [3.63, 3.8) is 0 Å². The minimum absolute atomic E-state index is 0.286. The summed E-state index contributed by atoms with van der Waals surface area (Å²) in [6.07, 6.45) is 3.02. The standard InChI is InChI=1S/C13H12ClN3O2/c1-8-10(3-4-12(14)16-8)17-13(18)9-5-6-15-7-11(9)19-2/h3-7H,1-2H3,(H,17,18). The van der Waals surface area contributed by atoms with Gasteiger partial charge >= 0.3 is 0 Å². The van der Waals surface area contributed by atoms with E-state index in [0.29, 0.717) is 27.8 Å². The van der Waals surface area contributed by atoms with Crippen LogP contribution in [0.4, 0.5) is 5.69 Å². The highest BCUT2D eigenvalue weighted by Crippen LogP contribution is 2.20. The number of anilines is 1. The molecule has 0 saturated carbocycles. The van der Waals surface area contributed by atoms with Crippen LogP contribution in [-0.2, 0) is 0 Å². The molecule has 0 aliphatic heterocycles. The van der Waals surface area contributed by atoms with E-state index in [0.717, 1.165) is 0 Å². The minimum Gasteiger partial charge on any atom is -0.494 e. The third-order valence-electron chi connectivity index (χ3n) is 2.55. The Morgan fingerprint density at radius 3 is 2.84 bits per heavy atom. The van der Waals surface area contributed by atoms with E-state index < -0.39 is 0 Å². The van der Waals surface area contributed by atoms with E-state index in [9.17, 15) is 4.79 Å². The number of carbonyl (C=O) groups is 1. The second kappa shape index (κ2) is 5.67. The minimum atomic E-state index is -0.286. The van der Waals surface area contributed by atoms with Crippen molar-refractivity contribution in [1.29, 1.82) is 0 Å². The molecule has 0 saturated heterocycles. The molecule has 5 nitrogen and oxygen atoms in total. The Morgan fingerprint density at radius 2 is 2.16 bits per heavy atom. The van der Waals surface area contributed by atoms with Gasteiger partial charge in [-0.15, -0.1) is 0 Å². The lowest BCUT2D eigenvalue weighted by Crippen LogP contribution is -2.14. The largest absolute Gasteiger partial charge is 0.494 e. The Kier molecular flexibility index (Phi) is 3.97. The van der Waals surface area contributed by atoms with Crippen LogP contribution in [0.15, 0.2) is 30.6 Å². The zero-order valence-electron chi connectivity index (χ0n) is 10.5. The number of hydrogen-bond acceptors (Lipinski definition) is 4. The third kappa shape index (κ3) is 3.00. The van der Waals surface area contributed by atoms with Crippen molar-refractivity contribution in [2.24, 2.45) is 0 Å². The first-order chi connectivity index (χ1) is 9.11. The highest BCUT2D eigenvalue weighted by Gasteiger charge is 2.13. The number of nitrogens with one attached hydrogen (secondary N) is 1. The van der Waals surface area contributed by atoms with Gasteiger partial charge in [0.15, 0.2) is 0 Å². The fourth-order valence-electron chi connectivity index (χ4n) is 1.58. The van der Waals surface area contributed by atoms with Crippen LogP contribution >= 0.6 is 11.6 Å². The normalized spacial score (nSPS) is 10.1. The number of amides is 1. The summed E-state index contributed by atoms with van der Waals surface area (Å²) < 4.78 is 5.09. The number of ether oxygens (including phenoxy) is 1. The van der Waals surface area contributed by atoms with Crippen LogP contribution in [0.1, 0.15) is 16.1 Å². The number of hydrogen-bond donors (Lipinski definition) is 1. The number of carbonyl (C=O) groups excluding carboxylic acids is 1. The molecule has 98 valence electrons. The van der Waals surface area contributed by atoms with Crippen molar-refractivity contribution < 1.29 is 9.53 Å². The number of aryl methyl sites for hydroxylation is 1. The predicted octanol–water partition coefficient (Wildman–Crippen LogP) is 2.70. The maximum atomic E-state index is 12.2. The van der Waals surface area contributed by atoms with E-state index in [1.54, 1.807) is 25.1 Å². The lowest BCUT2D eigenvalue weighted by molar-refractivity contribution is 0.102. The molecule has 0 aliphatic carbocycles. The van der Waals surface area contributed by atoms with E-state index in [-0.39, 0.29) is 5.91 Å². The van der Waals surface area contributed by atoms with Gasteiger partial charge in [0, 0.05) is 6.20 Å². The molecule has 2 rings (SSSR count). The van der Waals surface area contributed by atoms with Crippen LogP contribution in [0.25, 0.3) is 0 Å². The number of pyridine rings is 2. The topological polar surface area (TPSA) is 64.1 Å². The second-order valence-corrected chi connectivity index (χ2v) is 4.18. The van der Waals surface area contributed by atoms with Crippen LogP contribution in [0.5, 0.6) is 5.75 Å². The van der Waals surface area contributed by atoms with Gasteiger partial charge in [-0.05, 0) is 25.1 Å². The molecular weight excluding hydrogens is 266 g/mol. The van der Waals surface area contributed by atoms with Crippen LogP contribution in [0.2, 0.25) is 5.15 Å². The average molecular weight is 278 g/mol. The van der Waals surface area contributed by atoms with Crippen molar-refractivity contribution in [2.75, 3.05) is 12.4 Å². The molecule has 0 atom stereocenters. The number of aromatic nitrogens is 2. The predicted molar refractivity (Wildman–Crippen MR) is 72.7 cm³/mol. The number of rotatable bonds is 3. The summed E-state index contributed by atoms with van der Waals surface area (Å²) in [6, 6.07) is 4.91. The van der Waals surface area contributed by atoms with Crippen molar-refractivity contribution in [2.45, 2.75) is 6.92 Å². The summed E-state index contributed by atoms with van der Waals surface area (Å²) in [7, 11) is 1.49. The van der Waals surface area contributed by atoms with Gasteiger partial charge in [0.25, 0.3) is 5.91 Å². The van der Waals surface area contributed by atoms with Crippen LogP contribution in [-0.4, -0.2) is 23.0 Å². The van der Waals surface area contributed by atoms with Gasteiger partial charge in [-0.2, -0.15) is 0 Å². The van der Waals surface area contributed by atoms with E-state index in [4.69, 9.17) is 16.3 Å².